The summed E-state index contributed by atoms with van der Waals surface area (Å²) < 4.78 is 65.5. The largest absolute Gasteiger partial charge is 0.416 e. The smallest absolute Gasteiger partial charge is 0.349 e. The van der Waals surface area contributed by atoms with Crippen LogP contribution in [0.25, 0.3) is 0 Å². The van der Waals surface area contributed by atoms with E-state index in [0.29, 0.717) is 4.90 Å². The topological polar surface area (TPSA) is 58.2 Å². The minimum Gasteiger partial charge on any atom is -0.349 e. The molecule has 0 aliphatic carbocycles. The van der Waals surface area contributed by atoms with Crippen LogP contribution < -0.4 is 10.6 Å². The number of carbonyl (C=O) groups is 2. The van der Waals surface area contributed by atoms with Crippen molar-refractivity contribution < 1.29 is 31.5 Å². The molecule has 154 valence electrons. The average molecular weight is 430 g/mol. The van der Waals surface area contributed by atoms with Gasteiger partial charge in [-0.3, -0.25) is 9.59 Å². The number of amides is 2. The zero-order valence-electron chi connectivity index (χ0n) is 14.9. The standard InChI is InChI=1S/C19H15F5N2O2S/c1-9(12-7-11(20)3-4-13(12)21)25-17(27)8-16-18(28)26-14-6-10(19(22,23)24)2-5-15(14)29-16/h2-7,9,16H,8H2,1H3,(H,25,27)(H,26,28). The summed E-state index contributed by atoms with van der Waals surface area (Å²) >= 11 is 0.967. The normalized spacial score (nSPS) is 17.3. The van der Waals surface area contributed by atoms with Crippen molar-refractivity contribution in [2.75, 3.05) is 5.32 Å². The molecule has 29 heavy (non-hydrogen) atoms. The molecule has 1 aliphatic rings. The van der Waals surface area contributed by atoms with Gasteiger partial charge < -0.3 is 10.6 Å². The number of halogens is 5. The van der Waals surface area contributed by atoms with E-state index in [0.717, 1.165) is 42.1 Å². The second-order valence-electron chi connectivity index (χ2n) is 6.46. The van der Waals surface area contributed by atoms with Gasteiger partial charge >= 0.3 is 6.18 Å². The van der Waals surface area contributed by atoms with E-state index in [1.54, 1.807) is 0 Å². The first-order valence-electron chi connectivity index (χ1n) is 8.47. The van der Waals surface area contributed by atoms with Crippen molar-refractivity contribution in [2.45, 2.75) is 35.7 Å². The van der Waals surface area contributed by atoms with Gasteiger partial charge in [0.25, 0.3) is 0 Å². The zero-order valence-corrected chi connectivity index (χ0v) is 15.8. The van der Waals surface area contributed by atoms with Crippen LogP contribution in [-0.4, -0.2) is 17.1 Å². The second kappa shape index (κ2) is 8.02. The molecule has 2 atom stereocenters. The van der Waals surface area contributed by atoms with Crippen molar-refractivity contribution in [3.63, 3.8) is 0 Å². The highest BCUT2D eigenvalue weighted by Crippen LogP contribution is 2.40. The molecule has 0 spiro atoms. The third-order valence-corrected chi connectivity index (χ3v) is 5.57. The van der Waals surface area contributed by atoms with Crippen LogP contribution in [0.5, 0.6) is 0 Å². The van der Waals surface area contributed by atoms with Gasteiger partial charge in [0.1, 0.15) is 11.6 Å². The van der Waals surface area contributed by atoms with E-state index in [-0.39, 0.29) is 17.7 Å². The molecule has 2 aromatic rings. The summed E-state index contributed by atoms with van der Waals surface area (Å²) in [5.74, 6) is -2.52. The summed E-state index contributed by atoms with van der Waals surface area (Å²) in [5, 5.41) is 4.01. The van der Waals surface area contributed by atoms with E-state index in [4.69, 9.17) is 0 Å². The number of hydrogen-bond acceptors (Lipinski definition) is 3. The van der Waals surface area contributed by atoms with Gasteiger partial charge in [-0.2, -0.15) is 13.2 Å². The fourth-order valence-corrected chi connectivity index (χ4v) is 3.94. The maximum atomic E-state index is 13.8. The maximum absolute atomic E-state index is 13.8. The summed E-state index contributed by atoms with van der Waals surface area (Å²) in [6.45, 7) is 1.47. The van der Waals surface area contributed by atoms with Crippen LogP contribution in [0.4, 0.5) is 27.6 Å². The first-order chi connectivity index (χ1) is 13.5. The molecule has 2 N–H and O–H groups in total. The van der Waals surface area contributed by atoms with Gasteiger partial charge in [0.15, 0.2) is 0 Å². The third kappa shape index (κ3) is 4.87. The highest BCUT2D eigenvalue weighted by Gasteiger charge is 2.34. The molecule has 2 aromatic carbocycles. The predicted molar refractivity (Wildman–Crippen MR) is 97.3 cm³/mol. The van der Waals surface area contributed by atoms with Crippen molar-refractivity contribution >= 4 is 29.3 Å². The number of fused-ring (bicyclic) bond motifs is 1. The Bertz CT molecular complexity index is 964. The first-order valence-corrected chi connectivity index (χ1v) is 9.35. The fraction of sp³-hybridized carbons (Fsp3) is 0.263. The number of alkyl halides is 3. The van der Waals surface area contributed by atoms with Crippen LogP contribution in [0, 0.1) is 11.6 Å². The van der Waals surface area contributed by atoms with Crippen molar-refractivity contribution in [1.82, 2.24) is 5.32 Å². The highest BCUT2D eigenvalue weighted by atomic mass is 32.2. The molecule has 0 aromatic heterocycles. The number of nitrogens with one attached hydrogen (secondary N) is 2. The van der Waals surface area contributed by atoms with E-state index in [1.807, 2.05) is 0 Å². The Hall–Kier alpha value is -2.62. The van der Waals surface area contributed by atoms with Crippen LogP contribution in [0.1, 0.15) is 30.5 Å². The lowest BCUT2D eigenvalue weighted by molar-refractivity contribution is -0.137. The van der Waals surface area contributed by atoms with Gasteiger partial charge in [-0.1, -0.05) is 0 Å². The molecule has 2 unspecified atom stereocenters. The van der Waals surface area contributed by atoms with Crippen LogP contribution in [0.2, 0.25) is 0 Å². The van der Waals surface area contributed by atoms with Crippen LogP contribution in [-0.2, 0) is 15.8 Å². The van der Waals surface area contributed by atoms with Crippen molar-refractivity contribution in [1.29, 1.82) is 0 Å². The van der Waals surface area contributed by atoms with Gasteiger partial charge in [-0.25, -0.2) is 8.78 Å². The molecule has 4 nitrogen and oxygen atoms in total. The van der Waals surface area contributed by atoms with Gasteiger partial charge in [0.05, 0.1) is 22.5 Å². The quantitative estimate of drug-likeness (QED) is 0.694. The molecular weight excluding hydrogens is 415 g/mol. The minimum absolute atomic E-state index is 0.0293. The Labute approximate surface area is 166 Å². The lowest BCUT2D eigenvalue weighted by atomic mass is 10.1. The minimum atomic E-state index is -4.54. The Kier molecular flexibility index (Phi) is 5.83. The van der Waals surface area contributed by atoms with Crippen molar-refractivity contribution in [3.8, 4) is 0 Å². The second-order valence-corrected chi connectivity index (χ2v) is 7.71. The number of carbonyl (C=O) groups excluding carboxylic acids is 2. The van der Waals surface area contributed by atoms with Crippen LogP contribution >= 0.6 is 11.8 Å². The average Bonchev–Trinajstić information content (AvgIpc) is 2.63. The summed E-state index contributed by atoms with van der Waals surface area (Å²) in [7, 11) is 0. The van der Waals surface area contributed by atoms with E-state index in [9.17, 15) is 31.5 Å². The van der Waals surface area contributed by atoms with E-state index >= 15 is 0 Å². The molecule has 3 rings (SSSR count). The molecular formula is C19H15F5N2O2S. The SMILES string of the molecule is CC(NC(=O)CC1Sc2ccc(C(F)(F)F)cc2NC1=O)c1cc(F)ccc1F. The van der Waals surface area contributed by atoms with E-state index in [1.165, 1.54) is 13.0 Å². The number of anilines is 1. The lowest BCUT2D eigenvalue weighted by Gasteiger charge is -2.25. The molecule has 0 radical (unpaired) electrons. The Morgan fingerprint density at radius 2 is 1.93 bits per heavy atom. The summed E-state index contributed by atoms with van der Waals surface area (Å²) in [6.07, 6.45) is -4.82. The van der Waals surface area contributed by atoms with Crippen molar-refractivity contribution in [3.05, 3.63) is 59.2 Å². The lowest BCUT2D eigenvalue weighted by Crippen LogP contribution is -2.36. The number of thioether (sulfide) groups is 1. The first kappa shape index (κ1) is 21.1. The van der Waals surface area contributed by atoms with Crippen molar-refractivity contribution in [2.24, 2.45) is 0 Å². The molecule has 0 fully saturated rings. The Balaban J connectivity index is 1.67. The Morgan fingerprint density at radius 3 is 2.62 bits per heavy atom. The van der Waals surface area contributed by atoms with E-state index in [2.05, 4.69) is 10.6 Å². The van der Waals surface area contributed by atoms with Gasteiger partial charge in [-0.15, -0.1) is 11.8 Å². The van der Waals surface area contributed by atoms with Crippen LogP contribution in [0.3, 0.4) is 0 Å². The van der Waals surface area contributed by atoms with Crippen LogP contribution in [0.15, 0.2) is 41.3 Å². The van der Waals surface area contributed by atoms with Gasteiger partial charge in [-0.05, 0) is 43.3 Å². The zero-order chi connectivity index (χ0) is 21.3. The predicted octanol–water partition coefficient (Wildman–Crippen LogP) is 4.66. The Morgan fingerprint density at radius 1 is 1.21 bits per heavy atom. The molecule has 0 saturated carbocycles. The molecule has 1 aliphatic heterocycles. The summed E-state index contributed by atoms with van der Waals surface area (Å²) in [4.78, 5) is 24.9. The highest BCUT2D eigenvalue weighted by molar-refractivity contribution is 8.01. The molecule has 0 bridgehead atoms. The number of benzene rings is 2. The maximum Gasteiger partial charge on any atom is 0.416 e. The molecule has 10 heteroatoms. The molecule has 0 saturated heterocycles. The van der Waals surface area contributed by atoms with E-state index < -0.39 is 46.5 Å². The number of rotatable bonds is 4. The summed E-state index contributed by atoms with van der Waals surface area (Å²) in [6, 6.07) is 5.01. The van der Waals surface area contributed by atoms with Gasteiger partial charge in [0, 0.05) is 16.9 Å². The monoisotopic (exact) mass is 430 g/mol. The van der Waals surface area contributed by atoms with Gasteiger partial charge in [0.2, 0.25) is 11.8 Å². The fourth-order valence-electron chi connectivity index (χ4n) is 2.85. The molecule has 1 heterocycles. The molecule has 2 amide bonds. The summed E-state index contributed by atoms with van der Waals surface area (Å²) in [5.41, 5.74) is -0.898. The third-order valence-electron chi connectivity index (χ3n) is 4.30. The number of hydrogen-bond donors (Lipinski definition) is 2.